The molecule has 0 aromatic heterocycles. The van der Waals surface area contributed by atoms with Crippen LogP contribution in [-0.4, -0.2) is 18.0 Å². The van der Waals surface area contributed by atoms with Crippen molar-refractivity contribution in [2.75, 3.05) is 6.61 Å². The Morgan fingerprint density at radius 2 is 2.22 bits per heavy atom. The first-order valence-electron chi connectivity index (χ1n) is 3.35. The highest BCUT2D eigenvalue weighted by molar-refractivity contribution is 5.49. The summed E-state index contributed by atoms with van der Waals surface area (Å²) in [5, 5.41) is 8.45. The first-order valence-corrected chi connectivity index (χ1v) is 3.35. The molecule has 0 bridgehead atoms. The Hall–Kier alpha value is -0.370. The second-order valence-corrected chi connectivity index (χ2v) is 2.36. The van der Waals surface area contributed by atoms with Crippen molar-refractivity contribution in [2.45, 2.75) is 26.2 Å². The standard InChI is InChI=1S/C7H14O2/c1-7(4-6-9)3-2-5-8/h5,7,9H,2-4,6H2,1H3. The summed E-state index contributed by atoms with van der Waals surface area (Å²) < 4.78 is 0. The lowest BCUT2D eigenvalue weighted by molar-refractivity contribution is -0.108. The molecule has 0 radical (unpaired) electrons. The number of aldehydes is 1. The van der Waals surface area contributed by atoms with Crippen molar-refractivity contribution in [2.24, 2.45) is 5.92 Å². The van der Waals surface area contributed by atoms with Gasteiger partial charge in [0.05, 0.1) is 0 Å². The second kappa shape index (κ2) is 5.76. The average Bonchev–Trinajstić information content (AvgIpc) is 1.85. The zero-order valence-corrected chi connectivity index (χ0v) is 5.84. The molecule has 0 aromatic rings. The molecule has 1 unspecified atom stereocenters. The maximum absolute atomic E-state index is 9.85. The van der Waals surface area contributed by atoms with Crippen molar-refractivity contribution in [1.29, 1.82) is 0 Å². The Morgan fingerprint density at radius 3 is 2.67 bits per heavy atom. The molecule has 0 spiro atoms. The topological polar surface area (TPSA) is 37.3 Å². The summed E-state index contributed by atoms with van der Waals surface area (Å²) in [7, 11) is 0. The van der Waals surface area contributed by atoms with E-state index in [2.05, 4.69) is 0 Å². The molecule has 0 aliphatic rings. The fraction of sp³-hybridized carbons (Fsp3) is 0.857. The minimum Gasteiger partial charge on any atom is -0.396 e. The fourth-order valence-electron chi connectivity index (χ4n) is 0.717. The molecule has 54 valence electrons. The molecule has 2 heteroatoms. The lowest BCUT2D eigenvalue weighted by atomic mass is 10.0. The maximum atomic E-state index is 9.85. The smallest absolute Gasteiger partial charge is 0.120 e. The molecule has 0 fully saturated rings. The van der Waals surface area contributed by atoms with Gasteiger partial charge in [-0.3, -0.25) is 0 Å². The predicted molar refractivity (Wildman–Crippen MR) is 36.2 cm³/mol. The molecular formula is C7H14O2. The Balaban J connectivity index is 3.04. The first kappa shape index (κ1) is 8.63. The quantitative estimate of drug-likeness (QED) is 0.563. The number of rotatable bonds is 5. The minimum absolute atomic E-state index is 0.236. The minimum atomic E-state index is 0.236. The summed E-state index contributed by atoms with van der Waals surface area (Å²) in [5.41, 5.74) is 0. The van der Waals surface area contributed by atoms with E-state index in [0.717, 1.165) is 19.1 Å². The molecule has 0 aliphatic heterocycles. The van der Waals surface area contributed by atoms with Crippen molar-refractivity contribution in [3.05, 3.63) is 0 Å². The monoisotopic (exact) mass is 130 g/mol. The Kier molecular flexibility index (Phi) is 5.52. The van der Waals surface area contributed by atoms with Gasteiger partial charge in [-0.15, -0.1) is 0 Å². The van der Waals surface area contributed by atoms with Gasteiger partial charge in [0.2, 0.25) is 0 Å². The summed E-state index contributed by atoms with van der Waals surface area (Å²) in [4.78, 5) is 9.85. The van der Waals surface area contributed by atoms with Crippen LogP contribution in [0.1, 0.15) is 26.2 Å². The van der Waals surface area contributed by atoms with Gasteiger partial charge in [0.25, 0.3) is 0 Å². The third-order valence-electron chi connectivity index (χ3n) is 1.40. The van der Waals surface area contributed by atoms with Crippen LogP contribution >= 0.6 is 0 Å². The highest BCUT2D eigenvalue weighted by Gasteiger charge is 1.98. The molecule has 0 saturated heterocycles. The third kappa shape index (κ3) is 5.50. The molecule has 0 aliphatic carbocycles. The molecule has 1 atom stereocenters. The Labute approximate surface area is 55.9 Å². The summed E-state index contributed by atoms with van der Waals surface area (Å²) in [6.07, 6.45) is 3.27. The van der Waals surface area contributed by atoms with Crippen LogP contribution in [0.4, 0.5) is 0 Å². The van der Waals surface area contributed by atoms with Crippen LogP contribution in [0.25, 0.3) is 0 Å². The Bertz CT molecular complexity index is 71.3. The predicted octanol–water partition coefficient (Wildman–Crippen LogP) is 0.984. The molecule has 0 amide bonds. The van der Waals surface area contributed by atoms with Crippen LogP contribution in [0.15, 0.2) is 0 Å². The van der Waals surface area contributed by atoms with Crippen LogP contribution in [-0.2, 0) is 4.79 Å². The van der Waals surface area contributed by atoms with E-state index in [-0.39, 0.29) is 6.61 Å². The fourth-order valence-corrected chi connectivity index (χ4v) is 0.717. The van der Waals surface area contributed by atoms with Gasteiger partial charge in [0, 0.05) is 13.0 Å². The molecule has 9 heavy (non-hydrogen) atoms. The first-order chi connectivity index (χ1) is 4.31. The highest BCUT2D eigenvalue weighted by atomic mass is 16.3. The van der Waals surface area contributed by atoms with Gasteiger partial charge in [-0.1, -0.05) is 6.92 Å². The summed E-state index contributed by atoms with van der Waals surface area (Å²) in [6.45, 7) is 2.28. The number of hydrogen-bond donors (Lipinski definition) is 1. The number of aliphatic hydroxyl groups excluding tert-OH is 1. The van der Waals surface area contributed by atoms with Gasteiger partial charge in [-0.05, 0) is 18.8 Å². The zero-order valence-electron chi connectivity index (χ0n) is 5.84. The van der Waals surface area contributed by atoms with Gasteiger partial charge in [0.1, 0.15) is 6.29 Å². The van der Waals surface area contributed by atoms with Crippen LogP contribution in [0.3, 0.4) is 0 Å². The lowest BCUT2D eigenvalue weighted by Gasteiger charge is -2.04. The molecule has 0 rings (SSSR count). The third-order valence-corrected chi connectivity index (χ3v) is 1.40. The van der Waals surface area contributed by atoms with Gasteiger partial charge in [-0.25, -0.2) is 0 Å². The van der Waals surface area contributed by atoms with E-state index in [1.54, 1.807) is 0 Å². The summed E-state index contributed by atoms with van der Waals surface area (Å²) in [5.74, 6) is 0.486. The lowest BCUT2D eigenvalue weighted by Crippen LogP contribution is -1.97. The summed E-state index contributed by atoms with van der Waals surface area (Å²) >= 11 is 0. The van der Waals surface area contributed by atoms with E-state index < -0.39 is 0 Å². The molecular weight excluding hydrogens is 116 g/mol. The van der Waals surface area contributed by atoms with Crippen molar-refractivity contribution in [3.63, 3.8) is 0 Å². The van der Waals surface area contributed by atoms with Crippen molar-refractivity contribution in [3.8, 4) is 0 Å². The van der Waals surface area contributed by atoms with Crippen molar-refractivity contribution < 1.29 is 9.90 Å². The van der Waals surface area contributed by atoms with E-state index in [9.17, 15) is 4.79 Å². The zero-order chi connectivity index (χ0) is 7.11. The number of aliphatic hydroxyl groups is 1. The number of carbonyl (C=O) groups is 1. The Morgan fingerprint density at radius 1 is 1.56 bits per heavy atom. The second-order valence-electron chi connectivity index (χ2n) is 2.36. The van der Waals surface area contributed by atoms with Crippen LogP contribution in [0, 0.1) is 5.92 Å². The largest absolute Gasteiger partial charge is 0.396 e. The van der Waals surface area contributed by atoms with Gasteiger partial charge >= 0.3 is 0 Å². The average molecular weight is 130 g/mol. The van der Waals surface area contributed by atoms with E-state index in [4.69, 9.17) is 5.11 Å². The van der Waals surface area contributed by atoms with Crippen molar-refractivity contribution in [1.82, 2.24) is 0 Å². The molecule has 1 N–H and O–H groups in total. The van der Waals surface area contributed by atoms with Crippen LogP contribution in [0.2, 0.25) is 0 Å². The normalized spacial score (nSPS) is 13.1. The van der Waals surface area contributed by atoms with Gasteiger partial charge < -0.3 is 9.90 Å². The van der Waals surface area contributed by atoms with E-state index in [1.807, 2.05) is 6.92 Å². The molecule has 0 heterocycles. The van der Waals surface area contributed by atoms with E-state index in [0.29, 0.717) is 12.3 Å². The molecule has 2 nitrogen and oxygen atoms in total. The van der Waals surface area contributed by atoms with E-state index >= 15 is 0 Å². The SMILES string of the molecule is CC(CCO)CCC=O. The maximum Gasteiger partial charge on any atom is 0.120 e. The van der Waals surface area contributed by atoms with Crippen molar-refractivity contribution >= 4 is 6.29 Å². The number of carbonyl (C=O) groups excluding carboxylic acids is 1. The summed E-state index contributed by atoms with van der Waals surface area (Å²) in [6, 6.07) is 0. The van der Waals surface area contributed by atoms with Crippen LogP contribution < -0.4 is 0 Å². The molecule has 0 aromatic carbocycles. The highest BCUT2D eigenvalue weighted by Crippen LogP contribution is 2.07. The molecule has 0 saturated carbocycles. The van der Waals surface area contributed by atoms with Crippen LogP contribution in [0.5, 0.6) is 0 Å². The van der Waals surface area contributed by atoms with Gasteiger partial charge in [-0.2, -0.15) is 0 Å². The van der Waals surface area contributed by atoms with E-state index in [1.165, 1.54) is 0 Å². The van der Waals surface area contributed by atoms with Gasteiger partial charge in [0.15, 0.2) is 0 Å². The number of hydrogen-bond acceptors (Lipinski definition) is 2.